The zero-order valence-corrected chi connectivity index (χ0v) is 16.1. The van der Waals surface area contributed by atoms with E-state index in [2.05, 4.69) is 15.1 Å². The summed E-state index contributed by atoms with van der Waals surface area (Å²) in [4.78, 5) is 23.0. The minimum Gasteiger partial charge on any atom is -0.312 e. The molecule has 6 nitrogen and oxygen atoms in total. The third-order valence-electron chi connectivity index (χ3n) is 5.40. The van der Waals surface area contributed by atoms with Gasteiger partial charge in [0, 0.05) is 30.0 Å². The fraction of sp³-hybridized carbons (Fsp3) is 0.400. The Hall–Kier alpha value is -2.97. The molecule has 1 aliphatic heterocycles. The second-order valence-electron chi connectivity index (χ2n) is 7.22. The molecule has 0 saturated heterocycles. The zero-order valence-electron chi connectivity index (χ0n) is 16.1. The quantitative estimate of drug-likeness (QED) is 0.669. The molecular formula is C20H20F3N5O. The molecule has 3 heterocycles. The topological polar surface area (TPSA) is 63.4 Å². The maximum atomic E-state index is 13.0. The number of amides is 1. The molecule has 4 rings (SSSR count). The number of aromatic nitrogens is 4. The van der Waals surface area contributed by atoms with E-state index in [1.807, 2.05) is 13.8 Å². The predicted octanol–water partition coefficient (Wildman–Crippen LogP) is 3.67. The van der Waals surface area contributed by atoms with Gasteiger partial charge >= 0.3 is 6.18 Å². The number of halogens is 3. The SMILES string of the molecule is Cc1nc2ncnn2c(C)c1CCC(=O)N1CCCc2cc(C(F)(F)F)ccc21. The second kappa shape index (κ2) is 7.13. The normalized spacial score (nSPS) is 14.3. The molecule has 0 saturated carbocycles. The Bertz CT molecular complexity index is 1090. The Balaban J connectivity index is 1.55. The second-order valence-corrected chi connectivity index (χ2v) is 7.22. The first-order valence-electron chi connectivity index (χ1n) is 9.42. The highest BCUT2D eigenvalue weighted by Crippen LogP contribution is 2.35. The highest BCUT2D eigenvalue weighted by molar-refractivity contribution is 5.94. The van der Waals surface area contributed by atoms with Gasteiger partial charge in [-0.3, -0.25) is 4.79 Å². The van der Waals surface area contributed by atoms with Crippen molar-refractivity contribution in [3.05, 3.63) is 52.6 Å². The molecule has 0 atom stereocenters. The van der Waals surface area contributed by atoms with E-state index in [4.69, 9.17) is 0 Å². The molecule has 2 aromatic heterocycles. The molecule has 29 heavy (non-hydrogen) atoms. The van der Waals surface area contributed by atoms with Gasteiger partial charge in [0.1, 0.15) is 6.33 Å². The number of carbonyl (C=O) groups excluding carboxylic acids is 1. The lowest BCUT2D eigenvalue weighted by Crippen LogP contribution is -2.35. The van der Waals surface area contributed by atoms with Crippen LogP contribution in [0.5, 0.6) is 0 Å². The number of alkyl halides is 3. The van der Waals surface area contributed by atoms with E-state index in [0.717, 1.165) is 29.1 Å². The minimum atomic E-state index is -4.39. The van der Waals surface area contributed by atoms with Gasteiger partial charge in [-0.15, -0.1) is 0 Å². The largest absolute Gasteiger partial charge is 0.416 e. The third-order valence-corrected chi connectivity index (χ3v) is 5.40. The standard InChI is InChI=1S/C20H20F3N5O/c1-12-16(13(2)28-19(26-12)24-11-25-28)6-8-18(29)27-9-3-4-14-10-15(20(21,22)23)5-7-17(14)27/h5,7,10-11H,3-4,6,8-9H2,1-2H3. The predicted molar refractivity (Wildman–Crippen MR) is 101 cm³/mol. The Morgan fingerprint density at radius 1 is 1.24 bits per heavy atom. The van der Waals surface area contributed by atoms with Crippen LogP contribution in [0.4, 0.5) is 18.9 Å². The summed E-state index contributed by atoms with van der Waals surface area (Å²) in [5.41, 5.74) is 3.08. The summed E-state index contributed by atoms with van der Waals surface area (Å²) in [5, 5.41) is 4.15. The van der Waals surface area contributed by atoms with E-state index >= 15 is 0 Å². The summed E-state index contributed by atoms with van der Waals surface area (Å²) in [6, 6.07) is 3.61. The monoisotopic (exact) mass is 403 g/mol. The van der Waals surface area contributed by atoms with Crippen LogP contribution in [-0.2, 0) is 23.8 Å². The maximum absolute atomic E-state index is 13.0. The van der Waals surface area contributed by atoms with Crippen LogP contribution < -0.4 is 4.90 Å². The number of hydrogen-bond acceptors (Lipinski definition) is 4. The summed E-state index contributed by atoms with van der Waals surface area (Å²) in [5.74, 6) is 0.406. The summed E-state index contributed by atoms with van der Waals surface area (Å²) < 4.78 is 40.6. The molecule has 1 aliphatic rings. The van der Waals surface area contributed by atoms with Crippen molar-refractivity contribution in [3.8, 4) is 0 Å². The van der Waals surface area contributed by atoms with Crippen molar-refractivity contribution in [3.63, 3.8) is 0 Å². The first-order chi connectivity index (χ1) is 13.8. The molecule has 9 heteroatoms. The average molecular weight is 403 g/mol. The van der Waals surface area contributed by atoms with Crippen molar-refractivity contribution >= 4 is 17.4 Å². The fourth-order valence-corrected chi connectivity index (χ4v) is 3.92. The molecule has 1 amide bonds. The molecule has 3 aromatic rings. The molecule has 1 aromatic carbocycles. The molecule has 0 fully saturated rings. The van der Waals surface area contributed by atoms with Crippen LogP contribution in [0.1, 0.15) is 40.9 Å². The van der Waals surface area contributed by atoms with Crippen LogP contribution in [-0.4, -0.2) is 32.0 Å². The van der Waals surface area contributed by atoms with E-state index in [0.29, 0.717) is 42.8 Å². The Labute approximate surface area is 165 Å². The number of fused-ring (bicyclic) bond motifs is 2. The van der Waals surface area contributed by atoms with Crippen LogP contribution >= 0.6 is 0 Å². The summed E-state index contributed by atoms with van der Waals surface area (Å²) >= 11 is 0. The highest BCUT2D eigenvalue weighted by Gasteiger charge is 2.32. The van der Waals surface area contributed by atoms with Gasteiger partial charge < -0.3 is 4.90 Å². The van der Waals surface area contributed by atoms with Gasteiger partial charge in [-0.1, -0.05) is 0 Å². The van der Waals surface area contributed by atoms with E-state index in [1.54, 1.807) is 9.42 Å². The molecule has 0 aliphatic carbocycles. The van der Waals surface area contributed by atoms with Crippen LogP contribution in [0.2, 0.25) is 0 Å². The number of carbonyl (C=O) groups is 1. The molecule has 0 unspecified atom stereocenters. The molecule has 0 bridgehead atoms. The van der Waals surface area contributed by atoms with E-state index in [9.17, 15) is 18.0 Å². The Morgan fingerprint density at radius 2 is 2.03 bits per heavy atom. The lowest BCUT2D eigenvalue weighted by atomic mass is 9.98. The van der Waals surface area contributed by atoms with Gasteiger partial charge in [0.2, 0.25) is 5.91 Å². The van der Waals surface area contributed by atoms with E-state index in [1.165, 1.54) is 12.4 Å². The van der Waals surface area contributed by atoms with Crippen molar-refractivity contribution in [2.75, 3.05) is 11.4 Å². The maximum Gasteiger partial charge on any atom is 0.416 e. The molecule has 152 valence electrons. The van der Waals surface area contributed by atoms with Crippen LogP contribution in [0, 0.1) is 13.8 Å². The highest BCUT2D eigenvalue weighted by atomic mass is 19.4. The van der Waals surface area contributed by atoms with Gasteiger partial charge in [-0.05, 0) is 62.4 Å². The van der Waals surface area contributed by atoms with Gasteiger partial charge in [-0.25, -0.2) is 9.50 Å². The van der Waals surface area contributed by atoms with Crippen LogP contribution in [0.15, 0.2) is 24.5 Å². The minimum absolute atomic E-state index is 0.108. The number of anilines is 1. The fourth-order valence-electron chi connectivity index (χ4n) is 3.92. The van der Waals surface area contributed by atoms with Gasteiger partial charge in [0.25, 0.3) is 5.78 Å². The van der Waals surface area contributed by atoms with Crippen molar-refractivity contribution in [1.82, 2.24) is 19.6 Å². The Morgan fingerprint density at radius 3 is 2.79 bits per heavy atom. The van der Waals surface area contributed by atoms with Gasteiger partial charge in [-0.2, -0.15) is 23.3 Å². The number of rotatable bonds is 3. The van der Waals surface area contributed by atoms with Gasteiger partial charge in [0.15, 0.2) is 0 Å². The smallest absolute Gasteiger partial charge is 0.312 e. The molecule has 0 N–H and O–H groups in total. The lowest BCUT2D eigenvalue weighted by molar-refractivity contribution is -0.137. The van der Waals surface area contributed by atoms with Crippen LogP contribution in [0.3, 0.4) is 0 Å². The Kier molecular flexibility index (Phi) is 4.76. The van der Waals surface area contributed by atoms with Gasteiger partial charge in [0.05, 0.1) is 5.56 Å². The molecular weight excluding hydrogens is 383 g/mol. The number of hydrogen-bond donors (Lipinski definition) is 0. The van der Waals surface area contributed by atoms with Crippen LogP contribution in [0.25, 0.3) is 5.78 Å². The van der Waals surface area contributed by atoms with Crippen molar-refractivity contribution < 1.29 is 18.0 Å². The first-order valence-corrected chi connectivity index (χ1v) is 9.42. The van der Waals surface area contributed by atoms with E-state index in [-0.39, 0.29) is 12.3 Å². The zero-order chi connectivity index (χ0) is 20.8. The number of aryl methyl sites for hydroxylation is 3. The number of nitrogens with zero attached hydrogens (tertiary/aromatic N) is 5. The lowest BCUT2D eigenvalue weighted by Gasteiger charge is -2.30. The van der Waals surface area contributed by atoms with E-state index < -0.39 is 11.7 Å². The first kappa shape index (κ1) is 19.4. The molecule has 0 radical (unpaired) electrons. The molecule has 0 spiro atoms. The summed E-state index contributed by atoms with van der Waals surface area (Å²) in [7, 11) is 0. The summed E-state index contributed by atoms with van der Waals surface area (Å²) in [6.07, 6.45) is -1.05. The number of benzene rings is 1. The van der Waals surface area contributed by atoms with Crippen molar-refractivity contribution in [2.45, 2.75) is 45.7 Å². The van der Waals surface area contributed by atoms with Crippen molar-refractivity contribution in [2.24, 2.45) is 0 Å². The third kappa shape index (κ3) is 3.56. The average Bonchev–Trinajstić information content (AvgIpc) is 3.14. The summed E-state index contributed by atoms with van der Waals surface area (Å²) in [6.45, 7) is 4.29. The van der Waals surface area contributed by atoms with Crippen molar-refractivity contribution in [1.29, 1.82) is 0 Å².